The van der Waals surface area contributed by atoms with Crippen molar-refractivity contribution >= 4 is 38.2 Å². The van der Waals surface area contributed by atoms with Crippen molar-refractivity contribution in [1.29, 1.82) is 0 Å². The van der Waals surface area contributed by atoms with Crippen molar-refractivity contribution in [3.05, 3.63) is 58.6 Å². The Balaban J connectivity index is 1.90. The minimum absolute atomic E-state index is 0.162. The molecular weight excluding hydrogens is 336 g/mol. The van der Waals surface area contributed by atoms with E-state index in [4.69, 9.17) is 0 Å². The molecule has 1 aromatic heterocycles. The second kappa shape index (κ2) is 5.32. The average Bonchev–Trinajstić information content (AvgIpc) is 2.79. The van der Waals surface area contributed by atoms with E-state index < -0.39 is 9.84 Å². The molecule has 0 spiro atoms. The summed E-state index contributed by atoms with van der Waals surface area (Å²) in [6, 6.07) is 10.3. The molecule has 2 heterocycles. The van der Waals surface area contributed by atoms with E-state index in [0.717, 1.165) is 22.3 Å². The Bertz CT molecular complexity index is 1160. The number of benzene rings is 2. The van der Waals surface area contributed by atoms with Crippen LogP contribution in [0, 0.1) is 6.92 Å². The Hall–Kier alpha value is -2.86. The van der Waals surface area contributed by atoms with E-state index in [1.807, 2.05) is 13.0 Å². The SMILES string of the molecule is CC1=Cc2cc3nccc(Nc4cc(O)ccc4C)c3cc2S1(=O)=O. The second-order valence-electron chi connectivity index (χ2n) is 6.15. The Morgan fingerprint density at radius 3 is 2.64 bits per heavy atom. The van der Waals surface area contributed by atoms with Gasteiger partial charge in [-0.05, 0) is 55.3 Å². The molecule has 6 heteroatoms. The van der Waals surface area contributed by atoms with Crippen LogP contribution in [-0.4, -0.2) is 18.5 Å². The number of anilines is 2. The van der Waals surface area contributed by atoms with Gasteiger partial charge in [0, 0.05) is 33.9 Å². The third-order valence-corrected chi connectivity index (χ3v) is 6.33. The number of aromatic hydroxyl groups is 1. The monoisotopic (exact) mass is 352 g/mol. The van der Waals surface area contributed by atoms with E-state index in [1.165, 1.54) is 0 Å². The number of aromatic nitrogens is 1. The van der Waals surface area contributed by atoms with E-state index in [2.05, 4.69) is 10.3 Å². The second-order valence-corrected chi connectivity index (χ2v) is 8.24. The molecule has 2 N–H and O–H groups in total. The van der Waals surface area contributed by atoms with E-state index in [9.17, 15) is 13.5 Å². The molecule has 0 saturated heterocycles. The van der Waals surface area contributed by atoms with Gasteiger partial charge in [-0.1, -0.05) is 6.07 Å². The number of fused-ring (bicyclic) bond motifs is 2. The summed E-state index contributed by atoms with van der Waals surface area (Å²) >= 11 is 0. The predicted molar refractivity (Wildman–Crippen MR) is 98.7 cm³/mol. The van der Waals surface area contributed by atoms with Crippen LogP contribution in [0.1, 0.15) is 18.1 Å². The van der Waals surface area contributed by atoms with Gasteiger partial charge in [0.05, 0.1) is 10.4 Å². The van der Waals surface area contributed by atoms with Gasteiger partial charge in [-0.15, -0.1) is 0 Å². The molecule has 0 fully saturated rings. The summed E-state index contributed by atoms with van der Waals surface area (Å²) < 4.78 is 24.9. The number of nitrogens with one attached hydrogen (secondary N) is 1. The quantitative estimate of drug-likeness (QED) is 0.724. The molecule has 4 rings (SSSR count). The first-order valence-corrected chi connectivity index (χ1v) is 9.27. The fraction of sp³-hybridized carbons (Fsp3) is 0.105. The highest BCUT2D eigenvalue weighted by Gasteiger charge is 2.27. The van der Waals surface area contributed by atoms with Crippen LogP contribution in [0.25, 0.3) is 17.0 Å². The largest absolute Gasteiger partial charge is 0.508 e. The third-order valence-electron chi connectivity index (χ3n) is 4.44. The summed E-state index contributed by atoms with van der Waals surface area (Å²) in [5.41, 5.74) is 3.84. The van der Waals surface area contributed by atoms with Crippen LogP contribution in [0.5, 0.6) is 5.75 Å². The van der Waals surface area contributed by atoms with Crippen LogP contribution in [-0.2, 0) is 9.84 Å². The maximum atomic E-state index is 12.5. The van der Waals surface area contributed by atoms with Crippen LogP contribution in [0.3, 0.4) is 0 Å². The van der Waals surface area contributed by atoms with Gasteiger partial charge in [0.15, 0.2) is 0 Å². The van der Waals surface area contributed by atoms with E-state index >= 15 is 0 Å². The Kier molecular flexibility index (Phi) is 3.33. The summed E-state index contributed by atoms with van der Waals surface area (Å²) in [6.45, 7) is 3.53. The zero-order chi connectivity index (χ0) is 17.8. The van der Waals surface area contributed by atoms with Crippen molar-refractivity contribution in [3.63, 3.8) is 0 Å². The number of rotatable bonds is 2. The molecule has 0 bridgehead atoms. The maximum absolute atomic E-state index is 12.5. The number of nitrogens with zero attached hydrogens (tertiary/aromatic N) is 1. The van der Waals surface area contributed by atoms with Gasteiger partial charge in [-0.2, -0.15) is 0 Å². The van der Waals surface area contributed by atoms with Gasteiger partial charge >= 0.3 is 0 Å². The number of phenols is 1. The number of phenolic OH excluding ortho intramolecular Hbond substituents is 1. The van der Waals surface area contributed by atoms with Gasteiger partial charge in [0.25, 0.3) is 0 Å². The van der Waals surface area contributed by atoms with Crippen LogP contribution < -0.4 is 5.32 Å². The number of aryl methyl sites for hydroxylation is 1. The molecule has 1 aliphatic rings. The molecule has 126 valence electrons. The lowest BCUT2D eigenvalue weighted by atomic mass is 10.1. The van der Waals surface area contributed by atoms with Crippen molar-refractivity contribution in [2.24, 2.45) is 0 Å². The first-order chi connectivity index (χ1) is 11.9. The molecule has 1 aliphatic heterocycles. The Morgan fingerprint density at radius 2 is 1.84 bits per heavy atom. The molecule has 2 aromatic carbocycles. The summed E-state index contributed by atoms with van der Waals surface area (Å²) in [5, 5.41) is 13.7. The minimum Gasteiger partial charge on any atom is -0.508 e. The van der Waals surface area contributed by atoms with Crippen LogP contribution in [0.2, 0.25) is 0 Å². The number of pyridine rings is 1. The zero-order valence-electron chi connectivity index (χ0n) is 13.7. The topological polar surface area (TPSA) is 79.3 Å². The Morgan fingerprint density at radius 1 is 1.04 bits per heavy atom. The van der Waals surface area contributed by atoms with Crippen molar-refractivity contribution < 1.29 is 13.5 Å². The predicted octanol–water partition coefficient (Wildman–Crippen LogP) is 4.14. The molecule has 0 amide bonds. The van der Waals surface area contributed by atoms with Crippen molar-refractivity contribution in [1.82, 2.24) is 4.98 Å². The fourth-order valence-corrected chi connectivity index (χ4v) is 4.33. The number of sulfone groups is 1. The zero-order valence-corrected chi connectivity index (χ0v) is 14.6. The average molecular weight is 352 g/mol. The smallest absolute Gasteiger partial charge is 0.203 e. The molecule has 0 saturated carbocycles. The van der Waals surface area contributed by atoms with Crippen molar-refractivity contribution in [3.8, 4) is 5.75 Å². The van der Waals surface area contributed by atoms with E-state index in [-0.39, 0.29) is 5.75 Å². The highest BCUT2D eigenvalue weighted by atomic mass is 32.2. The van der Waals surface area contributed by atoms with Crippen LogP contribution in [0.4, 0.5) is 11.4 Å². The molecule has 5 nitrogen and oxygen atoms in total. The first-order valence-electron chi connectivity index (χ1n) is 7.79. The summed E-state index contributed by atoms with van der Waals surface area (Å²) in [6.07, 6.45) is 3.35. The van der Waals surface area contributed by atoms with Crippen LogP contribution >= 0.6 is 0 Å². The number of allylic oxidation sites excluding steroid dienone is 1. The van der Waals surface area contributed by atoms with Gasteiger partial charge in [-0.3, -0.25) is 4.98 Å². The van der Waals surface area contributed by atoms with Gasteiger partial charge < -0.3 is 10.4 Å². The van der Waals surface area contributed by atoms with Crippen LogP contribution in [0.15, 0.2) is 52.4 Å². The lowest BCUT2D eigenvalue weighted by molar-refractivity contribution is 0.475. The summed E-state index contributed by atoms with van der Waals surface area (Å²) in [5.74, 6) is 0.162. The molecule has 3 aromatic rings. The molecule has 0 atom stereocenters. The lowest BCUT2D eigenvalue weighted by Crippen LogP contribution is -2.00. The standard InChI is InChI=1S/C19H16N2O3S/c1-11-3-4-14(22)9-17(11)21-16-5-6-20-18-8-13-7-12(2)25(23,24)19(13)10-15(16)18/h3-10,22H,1-2H3,(H,20,21). The molecule has 0 radical (unpaired) electrons. The number of hydrogen-bond acceptors (Lipinski definition) is 5. The molecule has 0 aliphatic carbocycles. The Labute approximate surface area is 145 Å². The molecule has 0 unspecified atom stereocenters. The summed E-state index contributed by atoms with van der Waals surface area (Å²) in [7, 11) is -3.41. The van der Waals surface area contributed by atoms with Gasteiger partial charge in [0.1, 0.15) is 5.75 Å². The van der Waals surface area contributed by atoms with Gasteiger partial charge in [0.2, 0.25) is 9.84 Å². The van der Waals surface area contributed by atoms with Gasteiger partial charge in [-0.25, -0.2) is 8.42 Å². The summed E-state index contributed by atoms with van der Waals surface area (Å²) in [4.78, 5) is 5.01. The number of hydrogen-bond donors (Lipinski definition) is 2. The highest BCUT2D eigenvalue weighted by Crippen LogP contribution is 2.37. The highest BCUT2D eigenvalue weighted by molar-refractivity contribution is 7.95. The normalized spacial score (nSPS) is 15.0. The first kappa shape index (κ1) is 15.7. The van der Waals surface area contributed by atoms with E-state index in [1.54, 1.807) is 49.5 Å². The van der Waals surface area contributed by atoms with Crippen molar-refractivity contribution in [2.75, 3.05) is 5.32 Å². The fourth-order valence-electron chi connectivity index (χ4n) is 3.00. The van der Waals surface area contributed by atoms with E-state index in [0.29, 0.717) is 20.9 Å². The third kappa shape index (κ3) is 2.46. The van der Waals surface area contributed by atoms with Crippen molar-refractivity contribution in [2.45, 2.75) is 18.7 Å². The minimum atomic E-state index is -3.41. The lowest BCUT2D eigenvalue weighted by Gasteiger charge is -2.13. The molecular formula is C19H16N2O3S. The maximum Gasteiger partial charge on any atom is 0.203 e. The molecule has 25 heavy (non-hydrogen) atoms.